The molecule has 104 valence electrons. The lowest BCUT2D eigenvalue weighted by Crippen LogP contribution is -2.37. The summed E-state index contributed by atoms with van der Waals surface area (Å²) in [5.74, 6) is -0.763. The Kier molecular flexibility index (Phi) is 4.46. The molecule has 1 aromatic rings. The highest BCUT2D eigenvalue weighted by molar-refractivity contribution is 5.70. The topological polar surface area (TPSA) is 40.5 Å². The van der Waals surface area contributed by atoms with Gasteiger partial charge in [-0.2, -0.15) is 0 Å². The Balaban J connectivity index is 2.05. The molecular weight excluding hydrogens is 238 g/mol. The molecule has 1 aliphatic rings. The second-order valence-electron chi connectivity index (χ2n) is 5.44. The first-order valence-electron chi connectivity index (χ1n) is 7.17. The van der Waals surface area contributed by atoms with Crippen molar-refractivity contribution in [3.63, 3.8) is 0 Å². The van der Waals surface area contributed by atoms with Crippen LogP contribution in [0.25, 0.3) is 0 Å². The predicted octanol–water partition coefficient (Wildman–Crippen LogP) is 3.33. The van der Waals surface area contributed by atoms with E-state index < -0.39 is 5.97 Å². The van der Waals surface area contributed by atoms with Crippen molar-refractivity contribution < 1.29 is 9.90 Å². The number of aryl methyl sites for hydroxylation is 1. The van der Waals surface area contributed by atoms with Crippen LogP contribution in [0.3, 0.4) is 0 Å². The summed E-state index contributed by atoms with van der Waals surface area (Å²) in [7, 11) is 2.14. The lowest BCUT2D eigenvalue weighted by molar-refractivity contribution is -0.142. The van der Waals surface area contributed by atoms with Crippen LogP contribution in [0, 0.1) is 5.92 Å². The van der Waals surface area contributed by atoms with Crippen molar-refractivity contribution in [2.24, 2.45) is 5.92 Å². The molecule has 0 atom stereocenters. The summed E-state index contributed by atoms with van der Waals surface area (Å²) in [5.41, 5.74) is 2.66. The van der Waals surface area contributed by atoms with Crippen LogP contribution in [0.15, 0.2) is 24.3 Å². The van der Waals surface area contributed by atoms with Gasteiger partial charge in [0.25, 0.3) is 0 Å². The minimum atomic E-state index is -0.630. The maximum absolute atomic E-state index is 11.0. The second kappa shape index (κ2) is 6.09. The van der Waals surface area contributed by atoms with Crippen LogP contribution in [0.2, 0.25) is 0 Å². The van der Waals surface area contributed by atoms with Crippen LogP contribution in [0.1, 0.15) is 38.2 Å². The minimum Gasteiger partial charge on any atom is -0.481 e. The zero-order chi connectivity index (χ0) is 13.8. The van der Waals surface area contributed by atoms with Gasteiger partial charge in [-0.15, -0.1) is 0 Å². The van der Waals surface area contributed by atoms with Crippen LogP contribution in [0.5, 0.6) is 0 Å². The second-order valence-corrected chi connectivity index (χ2v) is 5.44. The number of nitrogens with zero attached hydrogens (tertiary/aromatic N) is 1. The first kappa shape index (κ1) is 13.9. The summed E-state index contributed by atoms with van der Waals surface area (Å²) < 4.78 is 0. The van der Waals surface area contributed by atoms with Crippen molar-refractivity contribution in [2.75, 3.05) is 11.9 Å². The Bertz CT molecular complexity index is 436. The average molecular weight is 261 g/mol. The predicted molar refractivity (Wildman–Crippen MR) is 77.6 cm³/mol. The molecule has 0 aliphatic heterocycles. The zero-order valence-electron chi connectivity index (χ0n) is 11.8. The summed E-state index contributed by atoms with van der Waals surface area (Å²) in [6.07, 6.45) is 4.60. The molecular formula is C16H23NO2. The van der Waals surface area contributed by atoms with E-state index in [2.05, 4.69) is 43.1 Å². The molecule has 3 nitrogen and oxygen atoms in total. The van der Waals surface area contributed by atoms with Gasteiger partial charge in [-0.25, -0.2) is 0 Å². The Labute approximate surface area is 115 Å². The van der Waals surface area contributed by atoms with E-state index in [9.17, 15) is 4.79 Å². The number of anilines is 1. The van der Waals surface area contributed by atoms with Gasteiger partial charge in [0.1, 0.15) is 0 Å². The number of para-hydroxylation sites is 1. The maximum Gasteiger partial charge on any atom is 0.306 e. The van der Waals surface area contributed by atoms with Crippen LogP contribution < -0.4 is 4.90 Å². The van der Waals surface area contributed by atoms with Crippen molar-refractivity contribution in [2.45, 2.75) is 45.1 Å². The highest BCUT2D eigenvalue weighted by Crippen LogP contribution is 2.31. The quantitative estimate of drug-likeness (QED) is 0.903. The number of aliphatic carboxylic acids is 1. The van der Waals surface area contributed by atoms with Crippen LogP contribution in [-0.2, 0) is 11.2 Å². The number of rotatable bonds is 4. The van der Waals surface area contributed by atoms with E-state index in [1.54, 1.807) is 0 Å². The van der Waals surface area contributed by atoms with E-state index in [4.69, 9.17) is 5.11 Å². The Morgan fingerprint density at radius 1 is 1.26 bits per heavy atom. The summed E-state index contributed by atoms with van der Waals surface area (Å²) in [4.78, 5) is 13.3. The molecule has 1 aliphatic carbocycles. The molecule has 0 saturated heterocycles. The van der Waals surface area contributed by atoms with Gasteiger partial charge in [-0.3, -0.25) is 4.79 Å². The first-order chi connectivity index (χ1) is 9.13. The molecule has 0 spiro atoms. The first-order valence-corrected chi connectivity index (χ1v) is 7.17. The van der Waals surface area contributed by atoms with Gasteiger partial charge in [-0.1, -0.05) is 25.1 Å². The third-order valence-electron chi connectivity index (χ3n) is 4.35. The summed E-state index contributed by atoms with van der Waals surface area (Å²) >= 11 is 0. The van der Waals surface area contributed by atoms with Crippen LogP contribution >= 0.6 is 0 Å². The number of hydrogen-bond acceptors (Lipinski definition) is 2. The smallest absolute Gasteiger partial charge is 0.306 e. The Morgan fingerprint density at radius 3 is 2.47 bits per heavy atom. The number of benzene rings is 1. The van der Waals surface area contributed by atoms with Crippen molar-refractivity contribution in [3.8, 4) is 0 Å². The molecule has 0 radical (unpaired) electrons. The molecule has 1 saturated carbocycles. The fourth-order valence-corrected chi connectivity index (χ4v) is 3.06. The van der Waals surface area contributed by atoms with Gasteiger partial charge < -0.3 is 10.0 Å². The number of hydrogen-bond donors (Lipinski definition) is 1. The lowest BCUT2D eigenvalue weighted by atomic mass is 9.85. The molecule has 0 heterocycles. The number of carbonyl (C=O) groups is 1. The molecule has 2 rings (SSSR count). The molecule has 19 heavy (non-hydrogen) atoms. The minimum absolute atomic E-state index is 0.133. The third-order valence-corrected chi connectivity index (χ3v) is 4.35. The van der Waals surface area contributed by atoms with Crippen molar-refractivity contribution in [3.05, 3.63) is 29.8 Å². The van der Waals surface area contributed by atoms with E-state index in [0.29, 0.717) is 6.04 Å². The van der Waals surface area contributed by atoms with Crippen LogP contribution in [-0.4, -0.2) is 24.2 Å². The lowest BCUT2D eigenvalue weighted by Gasteiger charge is -2.35. The molecule has 3 heteroatoms. The van der Waals surface area contributed by atoms with E-state index in [1.165, 1.54) is 11.3 Å². The summed E-state index contributed by atoms with van der Waals surface area (Å²) in [6.45, 7) is 2.17. The largest absolute Gasteiger partial charge is 0.481 e. The molecule has 0 unspecified atom stereocenters. The summed E-state index contributed by atoms with van der Waals surface area (Å²) in [6, 6.07) is 8.98. The maximum atomic E-state index is 11.0. The average Bonchev–Trinajstić information content (AvgIpc) is 2.46. The van der Waals surface area contributed by atoms with Crippen molar-refractivity contribution >= 4 is 11.7 Å². The normalized spacial score (nSPS) is 23.1. The van der Waals surface area contributed by atoms with Crippen LogP contribution in [0.4, 0.5) is 5.69 Å². The third kappa shape index (κ3) is 3.09. The van der Waals surface area contributed by atoms with E-state index in [-0.39, 0.29) is 5.92 Å². The number of carboxylic acid groups (broad SMARTS) is 1. The van der Waals surface area contributed by atoms with Gasteiger partial charge in [-0.05, 0) is 43.7 Å². The highest BCUT2D eigenvalue weighted by atomic mass is 16.4. The van der Waals surface area contributed by atoms with Gasteiger partial charge >= 0.3 is 5.97 Å². The van der Waals surface area contributed by atoms with Gasteiger partial charge in [0.05, 0.1) is 5.92 Å². The van der Waals surface area contributed by atoms with E-state index in [0.717, 1.165) is 32.1 Å². The molecule has 1 N–H and O–H groups in total. The molecule has 1 aromatic carbocycles. The van der Waals surface area contributed by atoms with Gasteiger partial charge in [0, 0.05) is 18.8 Å². The van der Waals surface area contributed by atoms with E-state index in [1.807, 2.05) is 0 Å². The molecule has 0 aromatic heterocycles. The Hall–Kier alpha value is -1.51. The SMILES string of the molecule is CCc1ccccc1N(C)C1CCC(C(=O)O)CC1. The molecule has 0 amide bonds. The standard InChI is InChI=1S/C16H23NO2/c1-3-12-6-4-5-7-15(12)17(2)14-10-8-13(9-11-14)16(18)19/h4-7,13-14H,3,8-11H2,1-2H3,(H,18,19). The number of carboxylic acids is 1. The van der Waals surface area contributed by atoms with Gasteiger partial charge in [0.15, 0.2) is 0 Å². The van der Waals surface area contributed by atoms with E-state index >= 15 is 0 Å². The van der Waals surface area contributed by atoms with Crippen molar-refractivity contribution in [1.29, 1.82) is 0 Å². The Morgan fingerprint density at radius 2 is 1.89 bits per heavy atom. The monoisotopic (exact) mass is 261 g/mol. The van der Waals surface area contributed by atoms with Crippen molar-refractivity contribution in [1.82, 2.24) is 0 Å². The zero-order valence-corrected chi connectivity index (χ0v) is 11.8. The fourth-order valence-electron chi connectivity index (χ4n) is 3.06. The highest BCUT2D eigenvalue weighted by Gasteiger charge is 2.28. The molecule has 1 fully saturated rings. The van der Waals surface area contributed by atoms with Gasteiger partial charge in [0.2, 0.25) is 0 Å². The molecule has 0 bridgehead atoms. The summed E-state index contributed by atoms with van der Waals surface area (Å²) in [5, 5.41) is 9.05. The fraction of sp³-hybridized carbons (Fsp3) is 0.562.